The van der Waals surface area contributed by atoms with Gasteiger partial charge in [0.1, 0.15) is 5.82 Å². The summed E-state index contributed by atoms with van der Waals surface area (Å²) in [4.78, 5) is 22.5. The van der Waals surface area contributed by atoms with Crippen LogP contribution in [0, 0.1) is 23.1 Å². The molecular weight excluding hydrogens is 499 g/mol. The summed E-state index contributed by atoms with van der Waals surface area (Å²) in [6, 6.07) is 14.1. The molecule has 4 aromatic rings. The third-order valence-corrected chi connectivity index (χ3v) is 6.97. The standard InChI is InChI=1S/C29H29FN6O3/c1-35-13-2-3-20(17-35)18-39-28-27-32-12-14-36(27)26(25(34-28)22-6-4-19(16-31)5-7-22)23-9-8-21(24(30)15-23)10-11-33-29(37)38/h4-9,12,14-15,20,33H,2-3,10-11,13,17-18H2,1H3,(H,37,38)/t20-/m1/s1. The Morgan fingerprint density at radius 1 is 1.26 bits per heavy atom. The van der Waals surface area contributed by atoms with Crippen LogP contribution >= 0.6 is 0 Å². The van der Waals surface area contributed by atoms with E-state index >= 15 is 4.39 Å². The molecule has 2 aromatic carbocycles. The summed E-state index contributed by atoms with van der Waals surface area (Å²) in [6.45, 7) is 2.67. The highest BCUT2D eigenvalue weighted by Crippen LogP contribution is 2.35. The summed E-state index contributed by atoms with van der Waals surface area (Å²) in [5.74, 6) is 0.338. The van der Waals surface area contributed by atoms with Crippen LogP contribution in [0.3, 0.4) is 0 Å². The molecule has 1 fully saturated rings. The third kappa shape index (κ3) is 5.84. The molecule has 0 unspecified atom stereocenters. The van der Waals surface area contributed by atoms with Crippen molar-refractivity contribution in [2.75, 3.05) is 33.3 Å². The van der Waals surface area contributed by atoms with Crippen LogP contribution in [0.25, 0.3) is 28.2 Å². The Kier molecular flexibility index (Phi) is 7.70. The van der Waals surface area contributed by atoms with E-state index in [-0.39, 0.29) is 13.0 Å². The number of imidazole rings is 1. The minimum Gasteiger partial charge on any atom is -0.475 e. The van der Waals surface area contributed by atoms with Gasteiger partial charge in [0.15, 0.2) is 0 Å². The zero-order valence-corrected chi connectivity index (χ0v) is 21.6. The van der Waals surface area contributed by atoms with Crippen molar-refractivity contribution in [1.82, 2.24) is 24.6 Å². The van der Waals surface area contributed by atoms with E-state index in [0.29, 0.717) is 52.1 Å². The molecule has 9 nitrogen and oxygen atoms in total. The second kappa shape index (κ2) is 11.5. The lowest BCUT2D eigenvalue weighted by atomic mass is 9.99. The van der Waals surface area contributed by atoms with Crippen molar-refractivity contribution in [3.8, 4) is 34.5 Å². The Bertz CT molecular complexity index is 1530. The number of carbonyl (C=O) groups is 1. The first-order valence-corrected chi connectivity index (χ1v) is 12.9. The number of piperidine rings is 1. The van der Waals surface area contributed by atoms with Gasteiger partial charge in [-0.05, 0) is 56.6 Å². The number of carboxylic acid groups (broad SMARTS) is 1. The summed E-state index contributed by atoms with van der Waals surface area (Å²) >= 11 is 0. The van der Waals surface area contributed by atoms with Crippen LogP contribution in [-0.4, -0.2) is 63.8 Å². The van der Waals surface area contributed by atoms with Gasteiger partial charge in [-0.2, -0.15) is 5.26 Å². The van der Waals surface area contributed by atoms with E-state index in [1.165, 1.54) is 6.07 Å². The number of nitrogens with one attached hydrogen (secondary N) is 1. The number of aromatic nitrogens is 3. The number of ether oxygens (including phenoxy) is 1. The monoisotopic (exact) mass is 528 g/mol. The predicted octanol–water partition coefficient (Wildman–Crippen LogP) is 4.60. The van der Waals surface area contributed by atoms with E-state index in [1.54, 1.807) is 36.7 Å². The van der Waals surface area contributed by atoms with Gasteiger partial charge in [0.2, 0.25) is 5.65 Å². The van der Waals surface area contributed by atoms with E-state index in [2.05, 4.69) is 28.3 Å². The Labute approximate surface area is 225 Å². The van der Waals surface area contributed by atoms with E-state index in [9.17, 15) is 10.1 Å². The average Bonchev–Trinajstić information content (AvgIpc) is 3.42. The Morgan fingerprint density at radius 2 is 2.05 bits per heavy atom. The summed E-state index contributed by atoms with van der Waals surface area (Å²) in [7, 11) is 2.11. The van der Waals surface area contributed by atoms with Gasteiger partial charge in [0.05, 0.1) is 29.6 Å². The number of likely N-dealkylation sites (tertiary alicyclic amines) is 1. The summed E-state index contributed by atoms with van der Waals surface area (Å²) < 4.78 is 23.3. The lowest BCUT2D eigenvalue weighted by Gasteiger charge is -2.29. The molecular formula is C29H29FN6O3. The molecule has 5 rings (SSSR count). The molecule has 0 saturated carbocycles. The van der Waals surface area contributed by atoms with Gasteiger partial charge in [-0.25, -0.2) is 19.2 Å². The molecule has 0 aliphatic carbocycles. The van der Waals surface area contributed by atoms with Crippen LogP contribution in [0.2, 0.25) is 0 Å². The van der Waals surface area contributed by atoms with Crippen molar-refractivity contribution in [3.63, 3.8) is 0 Å². The minimum atomic E-state index is -1.15. The molecule has 2 N–H and O–H groups in total. The average molecular weight is 529 g/mol. The van der Waals surface area contributed by atoms with Gasteiger partial charge in [-0.15, -0.1) is 0 Å². The Morgan fingerprint density at radius 3 is 2.77 bits per heavy atom. The maximum Gasteiger partial charge on any atom is 0.404 e. The van der Waals surface area contributed by atoms with Gasteiger partial charge < -0.3 is 20.1 Å². The Hall–Kier alpha value is -4.49. The molecule has 0 bridgehead atoms. The van der Waals surface area contributed by atoms with E-state index < -0.39 is 11.9 Å². The highest BCUT2D eigenvalue weighted by atomic mass is 19.1. The number of nitriles is 1. The van der Waals surface area contributed by atoms with Crippen molar-refractivity contribution in [3.05, 3.63) is 71.8 Å². The number of hydrogen-bond acceptors (Lipinski definition) is 6. The maximum absolute atomic E-state index is 15.2. The Balaban J connectivity index is 1.56. The first-order chi connectivity index (χ1) is 18.9. The highest BCUT2D eigenvalue weighted by Gasteiger charge is 2.22. The summed E-state index contributed by atoms with van der Waals surface area (Å²) in [5, 5.41) is 20.3. The van der Waals surface area contributed by atoms with Crippen LogP contribution in [-0.2, 0) is 6.42 Å². The molecule has 39 heavy (non-hydrogen) atoms. The number of hydrogen-bond donors (Lipinski definition) is 2. The molecule has 0 radical (unpaired) electrons. The lowest BCUT2D eigenvalue weighted by Crippen LogP contribution is -2.34. The molecule has 3 heterocycles. The second-order valence-electron chi connectivity index (χ2n) is 9.79. The molecule has 1 amide bonds. The normalized spacial score (nSPS) is 15.7. The van der Waals surface area contributed by atoms with E-state index in [1.807, 2.05) is 16.5 Å². The first kappa shape index (κ1) is 26.1. The summed E-state index contributed by atoms with van der Waals surface area (Å²) in [6.07, 6.45) is 4.74. The van der Waals surface area contributed by atoms with Gasteiger partial charge in [0, 0.05) is 42.5 Å². The van der Waals surface area contributed by atoms with Crippen LogP contribution in [0.5, 0.6) is 5.88 Å². The molecule has 200 valence electrons. The fourth-order valence-corrected chi connectivity index (χ4v) is 5.04. The van der Waals surface area contributed by atoms with Crippen LogP contribution in [0.15, 0.2) is 54.9 Å². The van der Waals surface area contributed by atoms with E-state index in [4.69, 9.17) is 14.8 Å². The van der Waals surface area contributed by atoms with Gasteiger partial charge in [-0.1, -0.05) is 24.3 Å². The van der Waals surface area contributed by atoms with Gasteiger partial charge in [-0.3, -0.25) is 4.40 Å². The number of amides is 1. The second-order valence-corrected chi connectivity index (χ2v) is 9.79. The lowest BCUT2D eigenvalue weighted by molar-refractivity contribution is 0.148. The van der Waals surface area contributed by atoms with Crippen LogP contribution < -0.4 is 10.1 Å². The quantitative estimate of drug-likeness (QED) is 0.343. The molecule has 10 heteroatoms. The molecule has 2 aromatic heterocycles. The topological polar surface area (TPSA) is 116 Å². The fraction of sp³-hybridized carbons (Fsp3) is 0.310. The number of rotatable bonds is 8. The minimum absolute atomic E-state index is 0.109. The highest BCUT2D eigenvalue weighted by molar-refractivity contribution is 5.81. The predicted molar refractivity (Wildman–Crippen MR) is 144 cm³/mol. The molecule has 1 aliphatic rings. The number of fused-ring (bicyclic) bond motifs is 1. The zero-order chi connectivity index (χ0) is 27.4. The van der Waals surface area contributed by atoms with E-state index in [0.717, 1.165) is 31.5 Å². The number of benzene rings is 2. The zero-order valence-electron chi connectivity index (χ0n) is 21.6. The van der Waals surface area contributed by atoms with Crippen molar-refractivity contribution < 1.29 is 19.0 Å². The smallest absolute Gasteiger partial charge is 0.404 e. The fourth-order valence-electron chi connectivity index (χ4n) is 5.04. The third-order valence-electron chi connectivity index (χ3n) is 6.97. The molecule has 1 atom stereocenters. The van der Waals surface area contributed by atoms with Gasteiger partial charge >= 0.3 is 6.09 Å². The first-order valence-electron chi connectivity index (χ1n) is 12.9. The molecule has 1 saturated heterocycles. The van der Waals surface area contributed by atoms with Crippen molar-refractivity contribution in [2.45, 2.75) is 19.3 Å². The van der Waals surface area contributed by atoms with Crippen molar-refractivity contribution in [2.24, 2.45) is 5.92 Å². The molecule has 0 spiro atoms. The van der Waals surface area contributed by atoms with Gasteiger partial charge in [0.25, 0.3) is 5.88 Å². The van der Waals surface area contributed by atoms with Crippen LogP contribution in [0.1, 0.15) is 24.0 Å². The summed E-state index contributed by atoms with van der Waals surface area (Å²) in [5.41, 5.74) is 3.98. The van der Waals surface area contributed by atoms with Crippen molar-refractivity contribution >= 4 is 11.7 Å². The SMILES string of the molecule is CN1CCC[C@@H](COc2nc(-c3ccc(C#N)cc3)c(-c3ccc(CCNC(=O)O)c(F)c3)n3ccnc23)C1. The number of nitrogens with zero attached hydrogens (tertiary/aromatic N) is 5. The maximum atomic E-state index is 15.2. The molecule has 1 aliphatic heterocycles. The largest absolute Gasteiger partial charge is 0.475 e. The van der Waals surface area contributed by atoms with Crippen molar-refractivity contribution in [1.29, 1.82) is 5.26 Å². The van der Waals surface area contributed by atoms with Crippen LogP contribution in [0.4, 0.5) is 9.18 Å². The number of halogens is 1.